The Balaban J connectivity index is 1.24. The molecule has 2 N–H and O–H groups in total. The fraction of sp³-hybridized carbons (Fsp3) is 0.500. The molecule has 1 amide bonds. The van der Waals surface area contributed by atoms with Gasteiger partial charge in [0.25, 0.3) is 0 Å². The Bertz CT molecular complexity index is 1370. The average molecular weight is 584 g/mol. The molecular formula is C28H26F5NO7. The van der Waals surface area contributed by atoms with Gasteiger partial charge in [0.2, 0.25) is 5.91 Å². The van der Waals surface area contributed by atoms with Crippen molar-refractivity contribution in [2.24, 2.45) is 11.8 Å². The minimum atomic E-state index is -4.90. The van der Waals surface area contributed by atoms with Gasteiger partial charge in [-0.3, -0.25) is 9.59 Å². The minimum Gasteiger partial charge on any atom is -0.490 e. The van der Waals surface area contributed by atoms with E-state index in [-0.39, 0.29) is 29.1 Å². The Kier molecular flexibility index (Phi) is 6.46. The van der Waals surface area contributed by atoms with Crippen LogP contribution in [0.25, 0.3) is 0 Å². The summed E-state index contributed by atoms with van der Waals surface area (Å²) in [5.74, 6) is -2.36. The highest BCUT2D eigenvalue weighted by Crippen LogP contribution is 2.53. The van der Waals surface area contributed by atoms with E-state index in [1.165, 1.54) is 18.2 Å². The summed E-state index contributed by atoms with van der Waals surface area (Å²) >= 11 is 0. The van der Waals surface area contributed by atoms with Gasteiger partial charge < -0.3 is 29.4 Å². The van der Waals surface area contributed by atoms with Crippen molar-refractivity contribution >= 4 is 11.9 Å². The number of alkyl halides is 5. The molecule has 0 aromatic heterocycles. The second kappa shape index (κ2) is 9.66. The molecule has 41 heavy (non-hydrogen) atoms. The molecular weight excluding hydrogens is 557 g/mol. The normalized spacial score (nSPS) is 27.2. The molecule has 0 radical (unpaired) electrons. The van der Waals surface area contributed by atoms with Crippen LogP contribution in [0.5, 0.6) is 23.0 Å². The molecule has 4 aliphatic rings. The molecule has 2 aromatic rings. The first-order valence-corrected chi connectivity index (χ1v) is 13.3. The number of carbonyl (C=O) groups excluding carboxylic acids is 1. The Labute approximate surface area is 230 Å². The summed E-state index contributed by atoms with van der Waals surface area (Å²) in [6, 6.07) is 7.32. The Morgan fingerprint density at radius 3 is 2.32 bits per heavy atom. The summed E-state index contributed by atoms with van der Waals surface area (Å²) in [5, 5.41) is 12.4. The number of carbonyl (C=O) groups is 2. The van der Waals surface area contributed by atoms with Crippen LogP contribution in [0.15, 0.2) is 36.4 Å². The number of hydrogen-bond donors (Lipinski definition) is 2. The Morgan fingerprint density at radius 1 is 0.951 bits per heavy atom. The van der Waals surface area contributed by atoms with Gasteiger partial charge >= 0.3 is 18.6 Å². The minimum absolute atomic E-state index is 0.0595. The van der Waals surface area contributed by atoms with Crippen LogP contribution in [-0.2, 0) is 15.0 Å². The lowest BCUT2D eigenvalue weighted by Gasteiger charge is -2.39. The highest BCUT2D eigenvalue weighted by atomic mass is 19.4. The maximum absolute atomic E-state index is 13.7. The van der Waals surface area contributed by atoms with Gasteiger partial charge in [0, 0.05) is 18.1 Å². The fourth-order valence-electron chi connectivity index (χ4n) is 6.15. The molecule has 0 bridgehead atoms. The number of benzene rings is 2. The van der Waals surface area contributed by atoms with Crippen LogP contribution in [0.3, 0.4) is 0 Å². The largest absolute Gasteiger partial charge is 0.586 e. The number of carboxylic acid groups (broad SMARTS) is 1. The van der Waals surface area contributed by atoms with E-state index in [2.05, 4.69) is 19.5 Å². The zero-order valence-electron chi connectivity index (χ0n) is 21.5. The molecule has 220 valence electrons. The SMILES string of the molecule is O=C(O)C1CCC([C@H]2C[C@@H](NC(=O)C3(c4ccc5c(c4)OC(F)(F)O5)CC3)c3ccc(OC(F)(F)F)cc3O2)CC1. The molecule has 2 aromatic carbocycles. The maximum Gasteiger partial charge on any atom is 0.586 e. The molecule has 2 aliphatic carbocycles. The van der Waals surface area contributed by atoms with Crippen LogP contribution in [0.2, 0.25) is 0 Å². The van der Waals surface area contributed by atoms with Gasteiger partial charge in [-0.1, -0.05) is 6.07 Å². The zero-order valence-corrected chi connectivity index (χ0v) is 21.5. The van der Waals surface area contributed by atoms with Crippen LogP contribution in [-0.4, -0.2) is 35.7 Å². The second-order valence-corrected chi connectivity index (χ2v) is 11.0. The van der Waals surface area contributed by atoms with Crippen molar-refractivity contribution < 1.29 is 55.6 Å². The monoisotopic (exact) mass is 583 g/mol. The van der Waals surface area contributed by atoms with Gasteiger partial charge in [0.05, 0.1) is 17.4 Å². The zero-order chi connectivity index (χ0) is 29.2. The molecule has 0 unspecified atom stereocenters. The van der Waals surface area contributed by atoms with Crippen molar-refractivity contribution in [2.45, 2.75) is 75.2 Å². The first-order chi connectivity index (χ1) is 19.3. The first-order valence-electron chi connectivity index (χ1n) is 13.3. The first kappa shape index (κ1) is 27.4. The average Bonchev–Trinajstić information content (AvgIpc) is 3.64. The van der Waals surface area contributed by atoms with Crippen molar-refractivity contribution in [3.63, 3.8) is 0 Å². The van der Waals surface area contributed by atoms with Gasteiger partial charge in [-0.15, -0.1) is 22.0 Å². The number of ether oxygens (including phenoxy) is 4. The highest BCUT2D eigenvalue weighted by molar-refractivity contribution is 5.92. The molecule has 2 saturated carbocycles. The summed E-state index contributed by atoms with van der Waals surface area (Å²) in [5.41, 5.74) is -0.0207. The predicted octanol–water partition coefficient (Wildman–Crippen LogP) is 5.84. The van der Waals surface area contributed by atoms with Crippen molar-refractivity contribution in [1.29, 1.82) is 0 Å². The summed E-state index contributed by atoms with van der Waals surface area (Å²) in [4.78, 5) is 25.1. The molecule has 13 heteroatoms. The lowest BCUT2D eigenvalue weighted by Crippen LogP contribution is -2.43. The summed E-state index contributed by atoms with van der Waals surface area (Å²) in [6.07, 6.45) is -5.91. The van der Waals surface area contributed by atoms with Crippen molar-refractivity contribution in [3.05, 3.63) is 47.5 Å². The standard InChI is InChI=1S/C28H26F5NO7/c29-27(30,31)39-17-6-7-18-19(13-21(38-22(18)12-17)14-1-3-15(4-2-14)24(35)36)34-25(37)26(9-10-26)16-5-8-20-23(11-16)41-28(32,33)40-20/h5-8,11-12,14-15,19,21H,1-4,9-10,13H2,(H,34,37)(H,35,36)/t14?,15?,19-,21-/m1/s1. The number of amides is 1. The number of rotatable bonds is 6. The van der Waals surface area contributed by atoms with E-state index in [1.54, 1.807) is 6.07 Å². The summed E-state index contributed by atoms with van der Waals surface area (Å²) in [6.45, 7) is 0. The number of halogens is 5. The van der Waals surface area contributed by atoms with E-state index in [0.29, 0.717) is 56.1 Å². The third-order valence-corrected chi connectivity index (χ3v) is 8.43. The van der Waals surface area contributed by atoms with Crippen molar-refractivity contribution in [2.75, 3.05) is 0 Å². The summed E-state index contributed by atoms with van der Waals surface area (Å²) < 4.78 is 84.9. The van der Waals surface area contributed by atoms with E-state index < -0.39 is 47.9 Å². The molecule has 2 atom stereocenters. The van der Waals surface area contributed by atoms with E-state index >= 15 is 0 Å². The quantitative estimate of drug-likeness (QED) is 0.412. The van der Waals surface area contributed by atoms with Crippen molar-refractivity contribution in [1.82, 2.24) is 5.32 Å². The fourth-order valence-corrected chi connectivity index (χ4v) is 6.15. The molecule has 0 saturated heterocycles. The van der Waals surface area contributed by atoms with Gasteiger partial charge in [0.1, 0.15) is 17.6 Å². The van der Waals surface area contributed by atoms with Crippen LogP contribution in [0.4, 0.5) is 22.0 Å². The molecule has 8 nitrogen and oxygen atoms in total. The van der Waals surface area contributed by atoms with Crippen LogP contribution in [0.1, 0.15) is 62.1 Å². The number of fused-ring (bicyclic) bond motifs is 2. The van der Waals surface area contributed by atoms with Crippen LogP contribution >= 0.6 is 0 Å². The number of nitrogens with one attached hydrogen (secondary N) is 1. The lowest BCUT2D eigenvalue weighted by atomic mass is 9.77. The van der Waals surface area contributed by atoms with Gasteiger partial charge in [-0.05, 0) is 74.3 Å². The predicted molar refractivity (Wildman–Crippen MR) is 130 cm³/mol. The third-order valence-electron chi connectivity index (χ3n) is 8.43. The van der Waals surface area contributed by atoms with E-state index in [4.69, 9.17) is 4.74 Å². The van der Waals surface area contributed by atoms with E-state index in [0.717, 1.165) is 12.1 Å². The molecule has 2 aliphatic heterocycles. The molecule has 2 heterocycles. The van der Waals surface area contributed by atoms with Crippen molar-refractivity contribution in [3.8, 4) is 23.0 Å². The van der Waals surface area contributed by atoms with Gasteiger partial charge in [-0.25, -0.2) is 0 Å². The third kappa shape index (κ3) is 5.45. The Morgan fingerprint density at radius 2 is 1.66 bits per heavy atom. The van der Waals surface area contributed by atoms with Gasteiger partial charge in [0.15, 0.2) is 11.5 Å². The second-order valence-electron chi connectivity index (χ2n) is 11.0. The smallest absolute Gasteiger partial charge is 0.490 e. The summed E-state index contributed by atoms with van der Waals surface area (Å²) in [7, 11) is 0. The highest BCUT2D eigenvalue weighted by Gasteiger charge is 2.53. The lowest BCUT2D eigenvalue weighted by molar-refractivity contribution is -0.286. The number of aliphatic carboxylic acids is 1. The number of carboxylic acids is 1. The molecule has 6 rings (SSSR count). The van der Waals surface area contributed by atoms with Crippen LogP contribution < -0.4 is 24.3 Å². The van der Waals surface area contributed by atoms with E-state index in [9.17, 15) is 36.6 Å². The molecule has 2 fully saturated rings. The Hall–Kier alpha value is -3.77. The van der Waals surface area contributed by atoms with Gasteiger partial charge in [-0.2, -0.15) is 0 Å². The van der Waals surface area contributed by atoms with E-state index in [1.807, 2.05) is 0 Å². The molecule has 0 spiro atoms. The maximum atomic E-state index is 13.7. The number of hydrogen-bond acceptors (Lipinski definition) is 6. The topological polar surface area (TPSA) is 103 Å². The van der Waals surface area contributed by atoms with Crippen LogP contribution in [0, 0.1) is 11.8 Å².